The maximum atomic E-state index is 8.41. The lowest BCUT2D eigenvalue weighted by atomic mass is 9.92. The van der Waals surface area contributed by atoms with E-state index >= 15 is 0 Å². The Kier molecular flexibility index (Phi) is 3.63. The maximum absolute atomic E-state index is 8.41. The van der Waals surface area contributed by atoms with Crippen LogP contribution in [0.3, 0.4) is 0 Å². The molecule has 0 aliphatic rings. The van der Waals surface area contributed by atoms with Gasteiger partial charge in [-0.2, -0.15) is 15.0 Å². The summed E-state index contributed by atoms with van der Waals surface area (Å²) in [6.45, 7) is 0. The van der Waals surface area contributed by atoms with Crippen molar-refractivity contribution in [1.82, 2.24) is 15.0 Å². The Morgan fingerprint density at radius 2 is 1.17 bits per heavy atom. The molecule has 0 spiro atoms. The van der Waals surface area contributed by atoms with E-state index in [2.05, 4.69) is 15.0 Å². The Balaban J connectivity index is 1.72. The SMILES string of the molecule is [2H]c1c([2H])c([2H])c(-c2cccc3c(-c4cccc(-c5nc(Cl)nc(Cl)n5)c4)cccc23)c([2H])c1[2H]. The van der Waals surface area contributed by atoms with Crippen molar-refractivity contribution in [2.45, 2.75) is 0 Å². The summed E-state index contributed by atoms with van der Waals surface area (Å²) < 4.78 is 40.8. The van der Waals surface area contributed by atoms with Crippen LogP contribution in [0, 0.1) is 0 Å². The minimum absolute atomic E-state index is 0.00109. The summed E-state index contributed by atoms with van der Waals surface area (Å²) in [5.74, 6) is 0.344. The smallest absolute Gasteiger partial charge is 0.198 e. The Morgan fingerprint density at radius 1 is 0.600 bits per heavy atom. The van der Waals surface area contributed by atoms with Crippen LogP contribution in [0.5, 0.6) is 0 Å². The number of aromatic nitrogens is 3. The Morgan fingerprint density at radius 3 is 1.83 bits per heavy atom. The van der Waals surface area contributed by atoms with Gasteiger partial charge in [0.1, 0.15) is 0 Å². The maximum Gasteiger partial charge on any atom is 0.227 e. The molecule has 0 amide bonds. The van der Waals surface area contributed by atoms with Crippen molar-refractivity contribution < 1.29 is 6.85 Å². The average molecular weight is 433 g/mol. The monoisotopic (exact) mass is 432 g/mol. The van der Waals surface area contributed by atoms with Crippen molar-refractivity contribution in [3.63, 3.8) is 0 Å². The second-order valence-electron chi connectivity index (χ2n) is 6.48. The van der Waals surface area contributed by atoms with Gasteiger partial charge in [-0.3, -0.25) is 0 Å². The van der Waals surface area contributed by atoms with Crippen LogP contribution in [0.4, 0.5) is 0 Å². The number of benzene rings is 4. The van der Waals surface area contributed by atoms with Crippen molar-refractivity contribution >= 4 is 34.0 Å². The quantitative estimate of drug-likeness (QED) is 0.299. The van der Waals surface area contributed by atoms with E-state index in [0.29, 0.717) is 17.0 Å². The second kappa shape index (κ2) is 7.86. The summed E-state index contributed by atoms with van der Waals surface area (Å²) in [5, 5.41) is 1.62. The highest BCUT2D eigenvalue weighted by atomic mass is 35.5. The molecule has 0 N–H and O–H groups in total. The molecule has 30 heavy (non-hydrogen) atoms. The largest absolute Gasteiger partial charge is 0.227 e. The summed E-state index contributed by atoms with van der Waals surface area (Å²) >= 11 is 11.9. The molecule has 5 rings (SSSR count). The minimum Gasteiger partial charge on any atom is -0.198 e. The molecule has 144 valence electrons. The van der Waals surface area contributed by atoms with E-state index in [1.54, 1.807) is 6.07 Å². The summed E-state index contributed by atoms with van der Waals surface area (Å²) in [5.41, 5.74) is 3.20. The zero-order valence-electron chi connectivity index (χ0n) is 20.4. The van der Waals surface area contributed by atoms with E-state index in [9.17, 15) is 0 Å². The van der Waals surface area contributed by atoms with Gasteiger partial charge in [0.2, 0.25) is 10.6 Å². The molecule has 0 fully saturated rings. The fourth-order valence-electron chi connectivity index (χ4n) is 3.45. The molecule has 5 heteroatoms. The predicted molar refractivity (Wildman–Crippen MR) is 124 cm³/mol. The molecule has 0 saturated heterocycles. The van der Waals surface area contributed by atoms with Crippen LogP contribution in [-0.2, 0) is 0 Å². The molecule has 3 nitrogen and oxygen atoms in total. The third-order valence-electron chi connectivity index (χ3n) is 4.70. The summed E-state index contributed by atoms with van der Waals surface area (Å²) in [6.07, 6.45) is 0. The number of nitrogens with zero attached hydrogens (tertiary/aromatic N) is 3. The molecular formula is C25H15Cl2N3. The molecule has 0 unspecified atom stereocenters. The van der Waals surface area contributed by atoms with E-state index in [0.717, 1.165) is 21.9 Å². The lowest BCUT2D eigenvalue weighted by Crippen LogP contribution is -1.94. The van der Waals surface area contributed by atoms with Gasteiger partial charge in [0.05, 0.1) is 6.85 Å². The van der Waals surface area contributed by atoms with Gasteiger partial charge in [0, 0.05) is 5.56 Å². The summed E-state index contributed by atoms with van der Waals surface area (Å²) in [6, 6.07) is 17.2. The van der Waals surface area contributed by atoms with Gasteiger partial charge in [-0.05, 0) is 62.3 Å². The van der Waals surface area contributed by atoms with Gasteiger partial charge in [-0.25, -0.2) is 0 Å². The van der Waals surface area contributed by atoms with Crippen LogP contribution in [0.25, 0.3) is 44.4 Å². The van der Waals surface area contributed by atoms with Crippen LogP contribution in [0.2, 0.25) is 10.6 Å². The van der Waals surface area contributed by atoms with Crippen LogP contribution in [-0.4, -0.2) is 15.0 Å². The standard InChI is InChI=1S/C25H15Cl2N3/c26-24-28-23(29-25(27)30-24)18-10-4-9-17(15-18)20-12-6-13-21-19(11-5-14-22(20)21)16-7-2-1-3-8-16/h1-15H/i1D,2D,3D,7D,8D. The lowest BCUT2D eigenvalue weighted by molar-refractivity contribution is 1.06. The van der Waals surface area contributed by atoms with Crippen LogP contribution >= 0.6 is 23.2 Å². The summed E-state index contributed by atoms with van der Waals surface area (Å²) in [4.78, 5) is 12.1. The van der Waals surface area contributed by atoms with Crippen molar-refractivity contribution in [3.05, 3.63) is 101 Å². The average Bonchev–Trinajstić information content (AvgIpc) is 2.86. The second-order valence-corrected chi connectivity index (χ2v) is 7.16. The highest BCUT2D eigenvalue weighted by Gasteiger charge is 2.11. The van der Waals surface area contributed by atoms with Gasteiger partial charge in [0.15, 0.2) is 5.82 Å². The fourth-order valence-corrected chi connectivity index (χ4v) is 3.81. The molecule has 0 aliphatic carbocycles. The van der Waals surface area contributed by atoms with E-state index in [-0.39, 0.29) is 40.3 Å². The zero-order chi connectivity index (χ0) is 24.9. The highest BCUT2D eigenvalue weighted by molar-refractivity contribution is 6.31. The predicted octanol–water partition coefficient (Wildman–Crippen LogP) is 7.33. The number of rotatable bonds is 3. The first-order valence-electron chi connectivity index (χ1n) is 11.5. The van der Waals surface area contributed by atoms with Gasteiger partial charge >= 0.3 is 0 Å². The fraction of sp³-hybridized carbons (Fsp3) is 0. The topological polar surface area (TPSA) is 38.7 Å². The molecule has 0 radical (unpaired) electrons. The Labute approximate surface area is 191 Å². The van der Waals surface area contributed by atoms with Crippen molar-refractivity contribution in [1.29, 1.82) is 0 Å². The normalized spacial score (nSPS) is 13.3. The first kappa shape index (κ1) is 13.9. The van der Waals surface area contributed by atoms with Crippen molar-refractivity contribution in [2.75, 3.05) is 0 Å². The van der Waals surface area contributed by atoms with Crippen molar-refractivity contribution in [2.24, 2.45) is 0 Å². The molecule has 0 aliphatic heterocycles. The summed E-state index contributed by atoms with van der Waals surface area (Å²) in [7, 11) is 0. The van der Waals surface area contributed by atoms with Gasteiger partial charge in [0.25, 0.3) is 0 Å². The van der Waals surface area contributed by atoms with Crippen molar-refractivity contribution in [3.8, 4) is 33.6 Å². The molecule has 4 aromatic carbocycles. The number of hydrogen-bond acceptors (Lipinski definition) is 3. The van der Waals surface area contributed by atoms with E-state index in [1.165, 1.54) is 0 Å². The van der Waals surface area contributed by atoms with Crippen LogP contribution in [0.1, 0.15) is 6.85 Å². The number of hydrogen-bond donors (Lipinski definition) is 0. The first-order chi connectivity index (χ1) is 16.8. The number of halogens is 2. The van der Waals surface area contributed by atoms with E-state index < -0.39 is 6.04 Å². The molecule has 0 bridgehead atoms. The minimum atomic E-state index is -0.417. The molecule has 1 heterocycles. The van der Waals surface area contributed by atoms with E-state index in [4.69, 9.17) is 30.1 Å². The molecule has 0 atom stereocenters. The molecular weight excluding hydrogens is 413 g/mol. The molecule has 5 aromatic rings. The molecule has 1 aromatic heterocycles. The third-order valence-corrected chi connectivity index (χ3v) is 5.04. The van der Waals surface area contributed by atoms with Crippen LogP contribution in [0.15, 0.2) is 90.9 Å². The first-order valence-corrected chi connectivity index (χ1v) is 9.78. The lowest BCUT2D eigenvalue weighted by Gasteiger charge is -2.12. The number of fused-ring (bicyclic) bond motifs is 1. The third kappa shape index (κ3) is 3.54. The molecule has 0 saturated carbocycles. The van der Waals surface area contributed by atoms with Gasteiger partial charge in [-0.15, -0.1) is 0 Å². The highest BCUT2D eigenvalue weighted by Crippen LogP contribution is 2.35. The van der Waals surface area contributed by atoms with E-state index in [1.807, 2.05) is 54.6 Å². The zero-order valence-corrected chi connectivity index (χ0v) is 16.9. The van der Waals surface area contributed by atoms with Crippen LogP contribution < -0.4 is 0 Å². The Bertz CT molecular complexity index is 1590. The van der Waals surface area contributed by atoms with Gasteiger partial charge < -0.3 is 0 Å². The van der Waals surface area contributed by atoms with Gasteiger partial charge in [-0.1, -0.05) is 84.8 Å². The Hall–Kier alpha value is -3.27.